The van der Waals surface area contributed by atoms with Crippen LogP contribution in [0, 0.1) is 0 Å². The smallest absolute Gasteiger partial charge is 0.748 e. The minimum absolute atomic E-state index is 0. The van der Waals surface area contributed by atoms with Crippen LogP contribution in [0.5, 0.6) is 0 Å². The summed E-state index contributed by atoms with van der Waals surface area (Å²) in [6, 6.07) is 0. The van der Waals surface area contributed by atoms with Crippen LogP contribution < -0.4 is 51.4 Å². The van der Waals surface area contributed by atoms with E-state index in [-0.39, 0.29) is 57.5 Å². The molecule has 1 N–H and O–H groups in total. The third-order valence-corrected chi connectivity index (χ3v) is 6.97. The maximum absolute atomic E-state index is 11.5. The van der Waals surface area contributed by atoms with Crippen LogP contribution in [0.2, 0.25) is 0 Å². The van der Waals surface area contributed by atoms with Crippen molar-refractivity contribution in [2.75, 3.05) is 0 Å². The third kappa shape index (κ3) is 24.0. The zero-order valence-electron chi connectivity index (χ0n) is 19.7. The van der Waals surface area contributed by atoms with Crippen molar-refractivity contribution in [2.24, 2.45) is 0 Å². The third-order valence-electron chi connectivity index (χ3n) is 5.69. The molecule has 0 fully saturated rings. The summed E-state index contributed by atoms with van der Waals surface area (Å²) in [4.78, 5) is 0. The Morgan fingerprint density at radius 1 is 0.655 bits per heavy atom. The molecule has 0 amide bonds. The van der Waals surface area contributed by atoms with Crippen LogP contribution in [0.15, 0.2) is 0 Å². The van der Waals surface area contributed by atoms with Gasteiger partial charge in [-0.2, -0.15) is 0 Å². The fraction of sp³-hybridized carbons (Fsp3) is 1.00. The van der Waals surface area contributed by atoms with Gasteiger partial charge < -0.3 is 9.66 Å². The summed E-state index contributed by atoms with van der Waals surface area (Å²) in [7, 11) is -4.16. The van der Waals surface area contributed by atoms with Crippen molar-refractivity contribution < 1.29 is 69.5 Å². The number of hydrogen-bond donors (Lipinski definition) is 1. The molecule has 29 heavy (non-hydrogen) atoms. The molecule has 0 aromatic carbocycles. The quantitative estimate of drug-likeness (QED) is 0.162. The van der Waals surface area contributed by atoms with Crippen LogP contribution >= 0.6 is 0 Å². The Labute approximate surface area is 224 Å². The monoisotopic (exact) mass is 458 g/mol. The van der Waals surface area contributed by atoms with Gasteiger partial charge >= 0.3 is 51.4 Å². The largest absolute Gasteiger partial charge is 1.00 e. The van der Waals surface area contributed by atoms with Crippen LogP contribution in [0.25, 0.3) is 0 Å². The predicted molar refractivity (Wildman–Crippen MR) is 119 cm³/mol. The number of rotatable bonds is 21. The molecule has 0 aliphatic heterocycles. The molecule has 0 aliphatic carbocycles. The molecular weight excluding hydrogens is 411 g/mol. The number of aliphatic hydroxyl groups excluding tert-OH is 1. The molecule has 0 aliphatic rings. The second-order valence-corrected chi connectivity index (χ2v) is 10.3. The Bertz CT molecular complexity index is 427. The van der Waals surface area contributed by atoms with Gasteiger partial charge in [-0.15, -0.1) is 0 Å². The summed E-state index contributed by atoms with van der Waals surface area (Å²) in [5.74, 6) is 0. The first-order chi connectivity index (χ1) is 13.4. The maximum Gasteiger partial charge on any atom is 1.00 e. The van der Waals surface area contributed by atoms with Gasteiger partial charge in [0.2, 0.25) is 0 Å². The fourth-order valence-electron chi connectivity index (χ4n) is 3.81. The summed E-state index contributed by atoms with van der Waals surface area (Å²) in [5.41, 5.74) is 0. The molecule has 0 heterocycles. The van der Waals surface area contributed by atoms with Gasteiger partial charge in [-0.05, 0) is 26.2 Å². The van der Waals surface area contributed by atoms with Gasteiger partial charge in [0.25, 0.3) is 0 Å². The van der Waals surface area contributed by atoms with Crippen molar-refractivity contribution in [3.63, 3.8) is 0 Å². The Hall–Kier alpha value is 1.51. The Balaban J connectivity index is 0. The van der Waals surface area contributed by atoms with Crippen molar-refractivity contribution in [2.45, 2.75) is 147 Å². The zero-order chi connectivity index (χ0) is 21.1. The van der Waals surface area contributed by atoms with Crippen molar-refractivity contribution in [3.05, 3.63) is 0 Å². The molecule has 0 bridgehead atoms. The molecule has 6 heteroatoms. The second-order valence-electron chi connectivity index (χ2n) is 8.63. The van der Waals surface area contributed by atoms with Gasteiger partial charge in [0.1, 0.15) is 0 Å². The topological polar surface area (TPSA) is 77.4 Å². The summed E-state index contributed by atoms with van der Waals surface area (Å²) >= 11 is 0. The summed E-state index contributed by atoms with van der Waals surface area (Å²) in [6.45, 7) is 4.05. The van der Waals surface area contributed by atoms with Crippen molar-refractivity contribution in [3.8, 4) is 0 Å². The van der Waals surface area contributed by atoms with E-state index in [1.807, 2.05) is 6.92 Å². The van der Waals surface area contributed by atoms with Crippen LogP contribution in [0.1, 0.15) is 136 Å². The van der Waals surface area contributed by atoms with E-state index in [4.69, 9.17) is 0 Å². The molecule has 4 nitrogen and oxygen atoms in total. The predicted octanol–water partition coefficient (Wildman–Crippen LogP) is 3.72. The van der Waals surface area contributed by atoms with Crippen molar-refractivity contribution in [1.82, 2.24) is 0 Å². The summed E-state index contributed by atoms with van der Waals surface area (Å²) < 4.78 is 34.5. The van der Waals surface area contributed by atoms with Gasteiger partial charge in [0.15, 0.2) is 0 Å². The molecule has 0 radical (unpaired) electrons. The molecule has 0 spiro atoms. The van der Waals surface area contributed by atoms with Crippen molar-refractivity contribution in [1.29, 1.82) is 0 Å². The van der Waals surface area contributed by atoms with E-state index in [2.05, 4.69) is 6.92 Å². The van der Waals surface area contributed by atoms with Gasteiger partial charge in [-0.25, -0.2) is 8.42 Å². The van der Waals surface area contributed by atoms with E-state index in [0.717, 1.165) is 64.2 Å². The van der Waals surface area contributed by atoms with Gasteiger partial charge in [-0.1, -0.05) is 110 Å². The first-order valence-electron chi connectivity index (χ1n) is 12.0. The molecule has 0 saturated carbocycles. The molecular formula is C23H47KO4S. The first-order valence-corrected chi connectivity index (χ1v) is 13.5. The first kappa shape index (κ1) is 32.7. The Morgan fingerprint density at radius 2 is 0.966 bits per heavy atom. The number of hydrogen-bond acceptors (Lipinski definition) is 4. The van der Waals surface area contributed by atoms with E-state index < -0.39 is 15.4 Å². The van der Waals surface area contributed by atoms with E-state index in [1.54, 1.807) is 0 Å². The average Bonchev–Trinajstić information content (AvgIpc) is 2.62. The number of aliphatic hydroxyl groups is 1. The molecule has 0 aromatic rings. The molecule has 0 aromatic heterocycles. The SMILES string of the molecule is CCCCCCCCCCCCC(CCCCCCCCC(C)O)S(=O)(=O)[O-].[K+]. The van der Waals surface area contributed by atoms with E-state index in [0.29, 0.717) is 12.8 Å². The van der Waals surface area contributed by atoms with Gasteiger partial charge in [0.05, 0.1) is 16.2 Å². The summed E-state index contributed by atoms with van der Waals surface area (Å²) in [6.07, 6.45) is 20.1. The van der Waals surface area contributed by atoms with Crippen molar-refractivity contribution >= 4 is 10.1 Å². The molecule has 2 atom stereocenters. The van der Waals surface area contributed by atoms with E-state index >= 15 is 0 Å². The summed E-state index contributed by atoms with van der Waals surface area (Å²) in [5, 5.41) is 8.53. The maximum atomic E-state index is 11.5. The van der Waals surface area contributed by atoms with Crippen LogP contribution in [-0.4, -0.2) is 29.4 Å². The van der Waals surface area contributed by atoms with Crippen LogP contribution in [-0.2, 0) is 10.1 Å². The number of unbranched alkanes of at least 4 members (excludes halogenated alkanes) is 14. The average molecular weight is 459 g/mol. The standard InChI is InChI=1S/C23H48O4S.K/c1-3-4-5-6-7-8-9-10-14-17-20-23(28(25,26)27)21-18-15-12-11-13-16-19-22(2)24;/h22-24H,3-21H2,1-2H3,(H,25,26,27);/q;+1/p-1. The Kier molecular flexibility index (Phi) is 25.6. The minimum atomic E-state index is -4.16. The van der Waals surface area contributed by atoms with Crippen LogP contribution in [0.4, 0.5) is 0 Å². The Morgan fingerprint density at radius 3 is 1.28 bits per heavy atom. The van der Waals surface area contributed by atoms with E-state index in [9.17, 15) is 18.1 Å². The zero-order valence-corrected chi connectivity index (χ0v) is 23.6. The van der Waals surface area contributed by atoms with Gasteiger partial charge in [0, 0.05) is 5.25 Å². The molecule has 0 saturated heterocycles. The fourth-order valence-corrected chi connectivity index (χ4v) is 4.72. The normalized spacial score (nSPS) is 13.8. The van der Waals surface area contributed by atoms with Gasteiger partial charge in [-0.3, -0.25) is 0 Å². The molecule has 0 rings (SSSR count). The minimum Gasteiger partial charge on any atom is -0.748 e. The van der Waals surface area contributed by atoms with Crippen LogP contribution in [0.3, 0.4) is 0 Å². The molecule has 170 valence electrons. The second kappa shape index (κ2) is 22.7. The van der Waals surface area contributed by atoms with E-state index in [1.165, 1.54) is 44.9 Å². The molecule has 2 unspecified atom stereocenters.